The van der Waals surface area contributed by atoms with Gasteiger partial charge in [-0.3, -0.25) is 0 Å². The minimum absolute atomic E-state index is 0.514. The first-order valence-electron chi connectivity index (χ1n) is 14.8. The van der Waals surface area contributed by atoms with Gasteiger partial charge in [-0.2, -0.15) is 10.4 Å². The second kappa shape index (κ2) is 11.7. The number of hydrogen-bond acceptors (Lipinski definition) is 6. The smallest absolute Gasteiger partial charge is 0.164 e. The Morgan fingerprint density at radius 2 is 1.30 bits per heavy atom. The lowest BCUT2D eigenvalue weighted by molar-refractivity contribution is 0.313. The van der Waals surface area contributed by atoms with Crippen molar-refractivity contribution < 1.29 is 4.74 Å². The van der Waals surface area contributed by atoms with Gasteiger partial charge in [0.2, 0.25) is 0 Å². The normalized spacial score (nSPS) is 13.6. The SMILES string of the molecule is COc1ccc(-c2nc3c(c(-c4ccccc4)nn3-c3ccccc3)c(-c3ccc(N4CCN(C)CC4)cc3)c2C#N)cc1. The molecule has 0 spiro atoms. The average molecular weight is 577 g/mol. The number of pyridine rings is 1. The van der Waals surface area contributed by atoms with Gasteiger partial charge in [-0.05, 0) is 61.1 Å². The summed E-state index contributed by atoms with van der Waals surface area (Å²) in [6, 6.07) is 39.0. The summed E-state index contributed by atoms with van der Waals surface area (Å²) in [5, 5.41) is 16.8. The Bertz CT molecular complexity index is 1950. The number of likely N-dealkylation sites (N-methyl/N-ethyl adjacent to an activating group) is 1. The second-order valence-electron chi connectivity index (χ2n) is 11.0. The summed E-state index contributed by atoms with van der Waals surface area (Å²) in [5.74, 6) is 0.744. The Balaban J connectivity index is 1.52. The number of para-hydroxylation sites is 1. The van der Waals surface area contributed by atoms with E-state index in [1.54, 1.807) is 7.11 Å². The van der Waals surface area contributed by atoms with Crippen LogP contribution in [-0.4, -0.2) is 60.0 Å². The third kappa shape index (κ3) is 4.96. The fraction of sp³-hybridized carbons (Fsp3) is 0.162. The largest absolute Gasteiger partial charge is 0.497 e. The van der Waals surface area contributed by atoms with Gasteiger partial charge in [-0.15, -0.1) is 0 Å². The summed E-state index contributed by atoms with van der Waals surface area (Å²) in [4.78, 5) is 9.98. The molecular weight excluding hydrogens is 544 g/mol. The Labute approximate surface area is 257 Å². The quantitative estimate of drug-likeness (QED) is 0.212. The van der Waals surface area contributed by atoms with Gasteiger partial charge in [-0.1, -0.05) is 60.7 Å². The highest BCUT2D eigenvalue weighted by molar-refractivity contribution is 6.07. The number of nitrogens with zero attached hydrogens (tertiary/aromatic N) is 6. The van der Waals surface area contributed by atoms with E-state index in [4.69, 9.17) is 14.8 Å². The summed E-state index contributed by atoms with van der Waals surface area (Å²) in [7, 11) is 3.81. The van der Waals surface area contributed by atoms with E-state index in [9.17, 15) is 5.26 Å². The molecule has 7 heteroatoms. The van der Waals surface area contributed by atoms with Gasteiger partial charge >= 0.3 is 0 Å². The predicted octanol–water partition coefficient (Wildman–Crippen LogP) is 7.05. The molecule has 1 aliphatic rings. The fourth-order valence-electron chi connectivity index (χ4n) is 5.95. The van der Waals surface area contributed by atoms with Crippen LogP contribution in [0.3, 0.4) is 0 Å². The zero-order valence-electron chi connectivity index (χ0n) is 24.8. The van der Waals surface area contributed by atoms with E-state index in [2.05, 4.69) is 59.3 Å². The van der Waals surface area contributed by atoms with E-state index < -0.39 is 0 Å². The zero-order chi connectivity index (χ0) is 30.0. The number of anilines is 1. The van der Waals surface area contributed by atoms with Crippen LogP contribution in [0.1, 0.15) is 5.56 Å². The van der Waals surface area contributed by atoms with Crippen molar-refractivity contribution in [1.82, 2.24) is 19.7 Å². The lowest BCUT2D eigenvalue weighted by Crippen LogP contribution is -2.44. The Hall–Kier alpha value is -5.45. The summed E-state index contributed by atoms with van der Waals surface area (Å²) in [5.41, 5.74) is 8.26. The topological polar surface area (TPSA) is 70.2 Å². The monoisotopic (exact) mass is 576 g/mol. The number of methoxy groups -OCH3 is 1. The zero-order valence-corrected chi connectivity index (χ0v) is 24.8. The number of aromatic nitrogens is 3. The lowest BCUT2D eigenvalue weighted by atomic mass is 9.92. The first kappa shape index (κ1) is 27.4. The van der Waals surface area contributed by atoms with Gasteiger partial charge < -0.3 is 14.5 Å². The van der Waals surface area contributed by atoms with Crippen molar-refractivity contribution in [2.24, 2.45) is 0 Å². The van der Waals surface area contributed by atoms with E-state index >= 15 is 0 Å². The van der Waals surface area contributed by atoms with E-state index in [0.717, 1.165) is 70.9 Å². The van der Waals surface area contributed by atoms with E-state index in [-0.39, 0.29) is 0 Å². The van der Waals surface area contributed by atoms with E-state index in [1.165, 1.54) is 5.69 Å². The summed E-state index contributed by atoms with van der Waals surface area (Å²) < 4.78 is 7.31. The highest BCUT2D eigenvalue weighted by Gasteiger charge is 2.26. The number of ether oxygens (including phenoxy) is 1. The number of nitriles is 1. The van der Waals surface area contributed by atoms with Crippen LogP contribution in [0, 0.1) is 11.3 Å². The third-order valence-corrected chi connectivity index (χ3v) is 8.36. The molecule has 0 radical (unpaired) electrons. The summed E-state index contributed by atoms with van der Waals surface area (Å²) in [6.45, 7) is 4.05. The van der Waals surface area contributed by atoms with Crippen LogP contribution in [0.25, 0.3) is 50.4 Å². The van der Waals surface area contributed by atoms with Gasteiger partial charge in [0.1, 0.15) is 17.5 Å². The average Bonchev–Trinajstić information content (AvgIpc) is 3.48. The van der Waals surface area contributed by atoms with Crippen molar-refractivity contribution in [1.29, 1.82) is 5.26 Å². The van der Waals surface area contributed by atoms with Gasteiger partial charge in [0, 0.05) is 48.6 Å². The van der Waals surface area contributed by atoms with Crippen LogP contribution in [0.2, 0.25) is 0 Å². The summed E-state index contributed by atoms with van der Waals surface area (Å²) >= 11 is 0. The van der Waals surface area contributed by atoms with Crippen molar-refractivity contribution in [3.63, 3.8) is 0 Å². The summed E-state index contributed by atoms with van der Waals surface area (Å²) in [6.07, 6.45) is 0. The third-order valence-electron chi connectivity index (χ3n) is 8.36. The van der Waals surface area contributed by atoms with Crippen LogP contribution >= 0.6 is 0 Å². The molecule has 44 heavy (non-hydrogen) atoms. The molecule has 2 aromatic heterocycles. The van der Waals surface area contributed by atoms with E-state index in [0.29, 0.717) is 16.9 Å². The second-order valence-corrected chi connectivity index (χ2v) is 11.0. The van der Waals surface area contributed by atoms with Crippen LogP contribution in [-0.2, 0) is 0 Å². The van der Waals surface area contributed by atoms with Gasteiger partial charge in [0.15, 0.2) is 5.65 Å². The first-order chi connectivity index (χ1) is 21.6. The van der Waals surface area contributed by atoms with E-state index in [1.807, 2.05) is 77.5 Å². The van der Waals surface area contributed by atoms with Gasteiger partial charge in [-0.25, -0.2) is 9.67 Å². The molecule has 216 valence electrons. The first-order valence-corrected chi connectivity index (χ1v) is 14.8. The van der Waals surface area contributed by atoms with Crippen molar-refractivity contribution in [3.8, 4) is 51.1 Å². The lowest BCUT2D eigenvalue weighted by Gasteiger charge is -2.34. The minimum atomic E-state index is 0.514. The maximum absolute atomic E-state index is 10.8. The molecule has 0 N–H and O–H groups in total. The maximum atomic E-state index is 10.8. The maximum Gasteiger partial charge on any atom is 0.164 e. The molecular formula is C37H32N6O. The molecule has 0 aliphatic carbocycles. The molecule has 6 aromatic rings. The molecule has 1 aliphatic heterocycles. The van der Waals surface area contributed by atoms with Gasteiger partial charge in [0.05, 0.1) is 29.4 Å². The Kier molecular flexibility index (Phi) is 7.27. The Morgan fingerprint density at radius 1 is 0.682 bits per heavy atom. The standard InChI is InChI=1S/C37H32N6O/c1-41-21-23-42(24-22-41)29-17-13-26(14-18-29)33-32(25-38)35(28-15-19-31(44-2)20-16-28)39-37-34(33)36(27-9-5-3-6-10-27)40-43(37)30-11-7-4-8-12-30/h3-20H,21-24H2,1-2H3. The molecule has 7 nitrogen and oxygen atoms in total. The minimum Gasteiger partial charge on any atom is -0.497 e. The molecule has 7 rings (SSSR count). The van der Waals surface area contributed by atoms with Crippen molar-refractivity contribution >= 4 is 16.7 Å². The molecule has 0 bridgehead atoms. The van der Waals surface area contributed by atoms with Crippen molar-refractivity contribution in [3.05, 3.63) is 115 Å². The molecule has 0 saturated carbocycles. The molecule has 1 saturated heterocycles. The van der Waals surface area contributed by atoms with Crippen LogP contribution < -0.4 is 9.64 Å². The van der Waals surface area contributed by atoms with Crippen LogP contribution in [0.4, 0.5) is 5.69 Å². The number of piperazine rings is 1. The van der Waals surface area contributed by atoms with Crippen molar-refractivity contribution in [2.45, 2.75) is 0 Å². The predicted molar refractivity (Wildman–Crippen MR) is 176 cm³/mol. The number of benzene rings is 4. The highest BCUT2D eigenvalue weighted by Crippen LogP contribution is 2.42. The number of hydrogen-bond donors (Lipinski definition) is 0. The Morgan fingerprint density at radius 3 is 1.93 bits per heavy atom. The molecule has 0 atom stereocenters. The fourth-order valence-corrected chi connectivity index (χ4v) is 5.95. The van der Waals surface area contributed by atoms with Crippen LogP contribution in [0.15, 0.2) is 109 Å². The highest BCUT2D eigenvalue weighted by atomic mass is 16.5. The number of fused-ring (bicyclic) bond motifs is 1. The molecule has 4 aromatic carbocycles. The van der Waals surface area contributed by atoms with Crippen molar-refractivity contribution in [2.75, 3.05) is 45.2 Å². The molecule has 3 heterocycles. The van der Waals surface area contributed by atoms with Gasteiger partial charge in [0.25, 0.3) is 0 Å². The molecule has 0 amide bonds. The van der Waals surface area contributed by atoms with Crippen LogP contribution in [0.5, 0.6) is 5.75 Å². The molecule has 1 fully saturated rings. The number of rotatable bonds is 6. The molecule has 0 unspecified atom stereocenters.